The summed E-state index contributed by atoms with van der Waals surface area (Å²) in [4.78, 5) is 20.6. The second-order valence-corrected chi connectivity index (χ2v) is 2.17. The first-order valence-corrected chi connectivity index (χ1v) is 3.72. The summed E-state index contributed by atoms with van der Waals surface area (Å²) in [5.74, 6) is -1.34. The third-order valence-corrected chi connectivity index (χ3v) is 1.06. The SMILES string of the molecule is CCCC(=O)OCC=CC(=O)O. The van der Waals surface area contributed by atoms with Crippen molar-refractivity contribution in [2.45, 2.75) is 19.8 Å². The van der Waals surface area contributed by atoms with Gasteiger partial charge in [0.05, 0.1) is 0 Å². The van der Waals surface area contributed by atoms with Gasteiger partial charge in [0, 0.05) is 12.5 Å². The lowest BCUT2D eigenvalue weighted by Crippen LogP contribution is -2.03. The Kier molecular flexibility index (Phi) is 5.69. The van der Waals surface area contributed by atoms with Gasteiger partial charge in [-0.2, -0.15) is 0 Å². The Morgan fingerprint density at radius 2 is 2.17 bits per heavy atom. The van der Waals surface area contributed by atoms with E-state index in [4.69, 9.17) is 5.11 Å². The molecule has 0 fully saturated rings. The summed E-state index contributed by atoms with van der Waals surface area (Å²) in [6.07, 6.45) is 3.34. The number of carboxylic acid groups (broad SMARTS) is 1. The van der Waals surface area contributed by atoms with Crippen molar-refractivity contribution < 1.29 is 19.4 Å². The van der Waals surface area contributed by atoms with Gasteiger partial charge in [0.1, 0.15) is 6.61 Å². The molecule has 4 nitrogen and oxygen atoms in total. The lowest BCUT2D eigenvalue weighted by Gasteiger charge is -1.97. The summed E-state index contributed by atoms with van der Waals surface area (Å²) in [7, 11) is 0. The monoisotopic (exact) mass is 172 g/mol. The van der Waals surface area contributed by atoms with Gasteiger partial charge in [0.15, 0.2) is 0 Å². The maximum atomic E-state index is 10.7. The molecular weight excluding hydrogens is 160 g/mol. The zero-order valence-electron chi connectivity index (χ0n) is 6.95. The number of esters is 1. The number of carboxylic acids is 1. The van der Waals surface area contributed by atoms with Crippen LogP contribution in [0.2, 0.25) is 0 Å². The molecule has 68 valence electrons. The van der Waals surface area contributed by atoms with E-state index >= 15 is 0 Å². The van der Waals surface area contributed by atoms with E-state index in [0.717, 1.165) is 12.5 Å². The molecule has 0 heterocycles. The zero-order valence-corrected chi connectivity index (χ0v) is 6.95. The molecule has 0 saturated heterocycles. The maximum absolute atomic E-state index is 10.7. The Labute approximate surface area is 70.8 Å². The van der Waals surface area contributed by atoms with E-state index in [0.29, 0.717) is 6.42 Å². The largest absolute Gasteiger partial charge is 0.478 e. The number of rotatable bonds is 5. The summed E-state index contributed by atoms with van der Waals surface area (Å²) in [5.41, 5.74) is 0. The van der Waals surface area contributed by atoms with Gasteiger partial charge in [0.25, 0.3) is 0 Å². The molecule has 0 spiro atoms. The van der Waals surface area contributed by atoms with E-state index in [-0.39, 0.29) is 12.6 Å². The molecule has 0 aromatic rings. The molecule has 0 aromatic heterocycles. The van der Waals surface area contributed by atoms with E-state index in [9.17, 15) is 9.59 Å². The van der Waals surface area contributed by atoms with Crippen molar-refractivity contribution in [3.05, 3.63) is 12.2 Å². The van der Waals surface area contributed by atoms with Gasteiger partial charge in [0.2, 0.25) is 0 Å². The second kappa shape index (κ2) is 6.39. The number of ether oxygens (including phenoxy) is 1. The number of carbonyl (C=O) groups excluding carboxylic acids is 1. The van der Waals surface area contributed by atoms with E-state index < -0.39 is 5.97 Å². The first-order valence-electron chi connectivity index (χ1n) is 3.72. The topological polar surface area (TPSA) is 63.6 Å². The van der Waals surface area contributed by atoms with Gasteiger partial charge < -0.3 is 9.84 Å². The molecule has 0 rings (SSSR count). The Morgan fingerprint density at radius 1 is 1.50 bits per heavy atom. The Morgan fingerprint density at radius 3 is 2.67 bits per heavy atom. The fourth-order valence-corrected chi connectivity index (χ4v) is 0.566. The minimum Gasteiger partial charge on any atom is -0.478 e. The van der Waals surface area contributed by atoms with Gasteiger partial charge in [-0.25, -0.2) is 4.79 Å². The Hall–Kier alpha value is -1.32. The highest BCUT2D eigenvalue weighted by molar-refractivity contribution is 5.79. The molecule has 0 bridgehead atoms. The van der Waals surface area contributed by atoms with Crippen LogP contribution in [0.25, 0.3) is 0 Å². The van der Waals surface area contributed by atoms with Crippen LogP contribution in [0.5, 0.6) is 0 Å². The van der Waals surface area contributed by atoms with Gasteiger partial charge in [-0.1, -0.05) is 6.92 Å². The molecule has 0 aromatic carbocycles. The molecule has 12 heavy (non-hydrogen) atoms. The number of hydrogen-bond donors (Lipinski definition) is 1. The van der Waals surface area contributed by atoms with Crippen molar-refractivity contribution in [2.24, 2.45) is 0 Å². The molecule has 0 amide bonds. The van der Waals surface area contributed by atoms with Crippen molar-refractivity contribution >= 4 is 11.9 Å². The standard InChI is InChI=1S/C8H12O4/c1-2-4-8(11)12-6-3-5-7(9)10/h3,5H,2,4,6H2,1H3,(H,9,10). The lowest BCUT2D eigenvalue weighted by atomic mass is 10.3. The Bertz CT molecular complexity index is 183. The van der Waals surface area contributed by atoms with Crippen LogP contribution < -0.4 is 0 Å². The van der Waals surface area contributed by atoms with E-state index in [1.807, 2.05) is 6.92 Å². The summed E-state index contributed by atoms with van der Waals surface area (Å²) in [6.45, 7) is 1.90. The predicted octanol–water partition coefficient (Wildman–Crippen LogP) is 0.970. The molecule has 0 aliphatic heterocycles. The molecular formula is C8H12O4. The minimum atomic E-state index is -1.04. The highest BCUT2D eigenvalue weighted by Gasteiger charge is 1.97. The molecule has 0 radical (unpaired) electrons. The van der Waals surface area contributed by atoms with E-state index in [2.05, 4.69) is 4.74 Å². The van der Waals surface area contributed by atoms with Crippen LogP contribution in [0.4, 0.5) is 0 Å². The zero-order chi connectivity index (χ0) is 9.40. The van der Waals surface area contributed by atoms with Crippen LogP contribution in [0, 0.1) is 0 Å². The van der Waals surface area contributed by atoms with Crippen molar-refractivity contribution in [3.63, 3.8) is 0 Å². The minimum absolute atomic E-state index is 0.0329. The van der Waals surface area contributed by atoms with Gasteiger partial charge in [-0.15, -0.1) is 0 Å². The highest BCUT2D eigenvalue weighted by atomic mass is 16.5. The van der Waals surface area contributed by atoms with Crippen molar-refractivity contribution in [3.8, 4) is 0 Å². The number of hydrogen-bond acceptors (Lipinski definition) is 3. The summed E-state index contributed by atoms with van der Waals surface area (Å²) >= 11 is 0. The fraction of sp³-hybridized carbons (Fsp3) is 0.500. The first kappa shape index (κ1) is 10.7. The molecule has 0 aliphatic carbocycles. The average molecular weight is 172 g/mol. The predicted molar refractivity (Wildman–Crippen MR) is 42.6 cm³/mol. The molecule has 0 aliphatic rings. The first-order chi connectivity index (χ1) is 5.66. The lowest BCUT2D eigenvalue weighted by molar-refractivity contribution is -0.142. The molecule has 0 saturated carbocycles. The molecule has 4 heteroatoms. The van der Waals surface area contributed by atoms with Crippen LogP contribution in [-0.4, -0.2) is 23.7 Å². The summed E-state index contributed by atoms with van der Waals surface area (Å²) in [5, 5.41) is 8.15. The number of aliphatic carboxylic acids is 1. The third kappa shape index (κ3) is 6.80. The van der Waals surface area contributed by atoms with Crippen molar-refractivity contribution in [1.82, 2.24) is 0 Å². The molecule has 1 N–H and O–H groups in total. The third-order valence-electron chi connectivity index (χ3n) is 1.06. The van der Waals surface area contributed by atoms with Crippen LogP contribution in [-0.2, 0) is 14.3 Å². The van der Waals surface area contributed by atoms with Crippen LogP contribution >= 0.6 is 0 Å². The van der Waals surface area contributed by atoms with Gasteiger partial charge in [-0.05, 0) is 12.5 Å². The van der Waals surface area contributed by atoms with Crippen molar-refractivity contribution in [1.29, 1.82) is 0 Å². The van der Waals surface area contributed by atoms with Gasteiger partial charge >= 0.3 is 11.9 Å². The molecule has 0 atom stereocenters. The molecule has 0 unspecified atom stereocenters. The normalized spacial score (nSPS) is 10.1. The van der Waals surface area contributed by atoms with Crippen LogP contribution in [0.15, 0.2) is 12.2 Å². The van der Waals surface area contributed by atoms with E-state index in [1.165, 1.54) is 6.08 Å². The van der Waals surface area contributed by atoms with E-state index in [1.54, 1.807) is 0 Å². The highest BCUT2D eigenvalue weighted by Crippen LogP contribution is 1.90. The second-order valence-electron chi connectivity index (χ2n) is 2.17. The average Bonchev–Trinajstić information content (AvgIpc) is 1.98. The summed E-state index contributed by atoms with van der Waals surface area (Å²) in [6, 6.07) is 0. The summed E-state index contributed by atoms with van der Waals surface area (Å²) < 4.78 is 4.64. The van der Waals surface area contributed by atoms with Crippen LogP contribution in [0.1, 0.15) is 19.8 Å². The van der Waals surface area contributed by atoms with Gasteiger partial charge in [-0.3, -0.25) is 4.79 Å². The van der Waals surface area contributed by atoms with Crippen molar-refractivity contribution in [2.75, 3.05) is 6.61 Å². The number of carbonyl (C=O) groups is 2. The fourth-order valence-electron chi connectivity index (χ4n) is 0.566. The smallest absolute Gasteiger partial charge is 0.328 e. The quantitative estimate of drug-likeness (QED) is 0.495. The Balaban J connectivity index is 3.43. The maximum Gasteiger partial charge on any atom is 0.328 e. The van der Waals surface area contributed by atoms with Crippen LogP contribution in [0.3, 0.4) is 0 Å².